The highest BCUT2D eigenvalue weighted by atomic mass is 16.7. The summed E-state index contributed by atoms with van der Waals surface area (Å²) in [5.41, 5.74) is 3.04. The van der Waals surface area contributed by atoms with Crippen LogP contribution in [0.1, 0.15) is 27.7 Å². The van der Waals surface area contributed by atoms with Crippen molar-refractivity contribution in [1.82, 2.24) is 0 Å². The molecule has 1 saturated heterocycles. The van der Waals surface area contributed by atoms with Crippen molar-refractivity contribution in [3.63, 3.8) is 0 Å². The van der Waals surface area contributed by atoms with E-state index in [0.717, 1.165) is 45.5 Å². The Hall–Kier alpha value is -2.96. The number of benzene rings is 3. The van der Waals surface area contributed by atoms with E-state index in [4.69, 9.17) is 18.8 Å². The van der Waals surface area contributed by atoms with Crippen LogP contribution in [0.4, 0.5) is 17.1 Å². The normalized spacial score (nSPS) is 19.3. The van der Waals surface area contributed by atoms with Gasteiger partial charge in [0.25, 0.3) is 0 Å². The predicted octanol–water partition coefficient (Wildman–Crippen LogP) is 5.67. The highest BCUT2D eigenvalue weighted by Crippen LogP contribution is 2.59. The minimum absolute atomic E-state index is 0.390. The van der Waals surface area contributed by atoms with E-state index >= 15 is 0 Å². The summed E-state index contributed by atoms with van der Waals surface area (Å²) in [5, 5.41) is 0. The molecule has 3 aliphatic heterocycles. The Morgan fingerprint density at radius 1 is 0.667 bits per heavy atom. The summed E-state index contributed by atoms with van der Waals surface area (Å²) in [5.74, 6) is 3.14. The summed E-state index contributed by atoms with van der Waals surface area (Å²) in [6.45, 7) is 8.24. The number of nitrogens with zero attached hydrogens (tertiary/aromatic N) is 1. The second-order valence-corrected chi connectivity index (χ2v) is 8.93. The molecule has 3 heterocycles. The third-order valence-electron chi connectivity index (χ3n) is 6.48. The molecule has 0 aliphatic carbocycles. The Morgan fingerprint density at radius 3 is 2.00 bits per heavy atom. The second kappa shape index (κ2) is 5.81. The Kier molecular flexibility index (Phi) is 3.46. The highest BCUT2D eigenvalue weighted by molar-refractivity contribution is 6.62. The second-order valence-electron chi connectivity index (χ2n) is 8.93. The van der Waals surface area contributed by atoms with Crippen molar-refractivity contribution < 1.29 is 18.8 Å². The van der Waals surface area contributed by atoms with Gasteiger partial charge >= 0.3 is 7.12 Å². The minimum Gasteiger partial charge on any atom is -0.453 e. The van der Waals surface area contributed by atoms with Gasteiger partial charge in [-0.05, 0) is 69.6 Å². The number of hydrogen-bond donors (Lipinski definition) is 0. The summed E-state index contributed by atoms with van der Waals surface area (Å²) in [7, 11) is -0.436. The number of para-hydroxylation sites is 3. The molecule has 0 saturated carbocycles. The molecule has 0 amide bonds. The Balaban J connectivity index is 1.47. The van der Waals surface area contributed by atoms with Crippen LogP contribution in [0.15, 0.2) is 60.7 Å². The molecule has 3 aliphatic rings. The van der Waals surface area contributed by atoms with Crippen LogP contribution >= 0.6 is 0 Å². The van der Waals surface area contributed by atoms with Crippen molar-refractivity contribution in [1.29, 1.82) is 0 Å². The number of fused-ring (bicyclic) bond motifs is 4. The Labute approximate surface area is 176 Å². The van der Waals surface area contributed by atoms with Gasteiger partial charge in [0.05, 0.1) is 22.6 Å². The SMILES string of the molecule is CC1(C)OB(c2ccc3c(c2)Oc2cccc4c2N3c2ccccc2O4)OC1(C)C. The maximum atomic E-state index is 6.31. The first-order chi connectivity index (χ1) is 14.3. The Bertz CT molecular complexity index is 1170. The lowest BCUT2D eigenvalue weighted by molar-refractivity contribution is 0.00578. The van der Waals surface area contributed by atoms with E-state index < -0.39 is 7.12 Å². The van der Waals surface area contributed by atoms with Crippen molar-refractivity contribution in [2.45, 2.75) is 38.9 Å². The largest absolute Gasteiger partial charge is 0.494 e. The summed E-state index contributed by atoms with van der Waals surface area (Å²) >= 11 is 0. The standard InChI is InChI=1S/C24H22BNO4/c1-23(2)24(3,4)30-25(29-23)15-12-13-17-21(14-15)28-20-11-7-10-19-22(20)26(17)16-8-5-6-9-18(16)27-19/h5-14H,1-4H3. The molecular formula is C24H22BNO4. The van der Waals surface area contributed by atoms with E-state index in [-0.39, 0.29) is 11.2 Å². The molecule has 0 N–H and O–H groups in total. The van der Waals surface area contributed by atoms with Crippen LogP contribution in [-0.2, 0) is 9.31 Å². The topological polar surface area (TPSA) is 40.2 Å². The van der Waals surface area contributed by atoms with Gasteiger partial charge in [-0.15, -0.1) is 0 Å². The fraction of sp³-hybridized carbons (Fsp3) is 0.250. The molecule has 0 atom stereocenters. The van der Waals surface area contributed by atoms with Crippen LogP contribution in [0.3, 0.4) is 0 Å². The van der Waals surface area contributed by atoms with Gasteiger partial charge in [-0.1, -0.05) is 24.3 Å². The number of ether oxygens (including phenoxy) is 2. The van der Waals surface area contributed by atoms with Crippen molar-refractivity contribution in [2.24, 2.45) is 0 Å². The number of anilines is 3. The van der Waals surface area contributed by atoms with Crippen LogP contribution in [0.25, 0.3) is 0 Å². The van der Waals surface area contributed by atoms with Gasteiger partial charge in [0.15, 0.2) is 23.0 Å². The fourth-order valence-corrected chi connectivity index (χ4v) is 4.15. The molecular weight excluding hydrogens is 377 g/mol. The number of rotatable bonds is 1. The molecule has 0 spiro atoms. The summed E-state index contributed by atoms with van der Waals surface area (Å²) in [6, 6.07) is 20.1. The first kappa shape index (κ1) is 17.9. The average molecular weight is 399 g/mol. The van der Waals surface area contributed by atoms with Crippen LogP contribution in [0.5, 0.6) is 23.0 Å². The van der Waals surface area contributed by atoms with Gasteiger partial charge < -0.3 is 18.8 Å². The summed E-state index contributed by atoms with van der Waals surface area (Å²) in [4.78, 5) is 2.20. The third-order valence-corrected chi connectivity index (χ3v) is 6.48. The van der Waals surface area contributed by atoms with Crippen LogP contribution in [0.2, 0.25) is 0 Å². The molecule has 6 rings (SSSR count). The molecule has 1 fully saturated rings. The van der Waals surface area contributed by atoms with E-state index in [1.807, 2.05) is 42.5 Å². The van der Waals surface area contributed by atoms with Gasteiger partial charge in [-0.2, -0.15) is 0 Å². The molecule has 5 nitrogen and oxygen atoms in total. The van der Waals surface area contributed by atoms with E-state index in [9.17, 15) is 0 Å². The lowest BCUT2D eigenvalue weighted by Crippen LogP contribution is -2.41. The first-order valence-electron chi connectivity index (χ1n) is 10.2. The quantitative estimate of drug-likeness (QED) is 0.340. The zero-order valence-electron chi connectivity index (χ0n) is 17.4. The molecule has 0 bridgehead atoms. The van der Waals surface area contributed by atoms with Crippen molar-refractivity contribution in [2.75, 3.05) is 4.90 Å². The third kappa shape index (κ3) is 2.38. The first-order valence-corrected chi connectivity index (χ1v) is 10.2. The molecule has 6 heteroatoms. The van der Waals surface area contributed by atoms with E-state index in [2.05, 4.69) is 50.8 Å². The molecule has 0 aromatic heterocycles. The van der Waals surface area contributed by atoms with Gasteiger partial charge in [0, 0.05) is 0 Å². The van der Waals surface area contributed by atoms with Crippen molar-refractivity contribution in [3.8, 4) is 23.0 Å². The maximum absolute atomic E-state index is 6.31. The summed E-state index contributed by atoms with van der Waals surface area (Å²) in [6.07, 6.45) is 0. The predicted molar refractivity (Wildman–Crippen MR) is 117 cm³/mol. The molecule has 0 unspecified atom stereocenters. The molecule has 3 aromatic rings. The van der Waals surface area contributed by atoms with Crippen molar-refractivity contribution in [3.05, 3.63) is 60.7 Å². The van der Waals surface area contributed by atoms with Gasteiger partial charge in [0.1, 0.15) is 5.69 Å². The van der Waals surface area contributed by atoms with Gasteiger partial charge in [-0.3, -0.25) is 4.90 Å². The molecule has 0 radical (unpaired) electrons. The zero-order valence-corrected chi connectivity index (χ0v) is 17.4. The lowest BCUT2D eigenvalue weighted by atomic mass is 9.78. The number of hydrogen-bond acceptors (Lipinski definition) is 5. The smallest absolute Gasteiger partial charge is 0.453 e. The van der Waals surface area contributed by atoms with E-state index in [1.165, 1.54) is 0 Å². The maximum Gasteiger partial charge on any atom is 0.494 e. The fourth-order valence-electron chi connectivity index (χ4n) is 4.15. The molecule has 30 heavy (non-hydrogen) atoms. The Morgan fingerprint density at radius 2 is 1.27 bits per heavy atom. The van der Waals surface area contributed by atoms with Crippen molar-refractivity contribution >= 4 is 29.6 Å². The molecule has 150 valence electrons. The monoisotopic (exact) mass is 399 g/mol. The van der Waals surface area contributed by atoms with Crippen LogP contribution in [-0.4, -0.2) is 18.3 Å². The highest BCUT2D eigenvalue weighted by Gasteiger charge is 2.52. The van der Waals surface area contributed by atoms with Gasteiger partial charge in [0.2, 0.25) is 0 Å². The van der Waals surface area contributed by atoms with E-state index in [0.29, 0.717) is 0 Å². The average Bonchev–Trinajstić information content (AvgIpc) is 2.94. The van der Waals surface area contributed by atoms with Crippen LogP contribution < -0.4 is 19.8 Å². The van der Waals surface area contributed by atoms with Crippen LogP contribution in [0, 0.1) is 0 Å². The lowest BCUT2D eigenvalue weighted by Gasteiger charge is -2.37. The zero-order chi connectivity index (χ0) is 20.7. The minimum atomic E-state index is -0.436. The summed E-state index contributed by atoms with van der Waals surface area (Å²) < 4.78 is 24.9. The molecule has 3 aromatic carbocycles. The van der Waals surface area contributed by atoms with Gasteiger partial charge in [-0.25, -0.2) is 0 Å². The van der Waals surface area contributed by atoms with E-state index in [1.54, 1.807) is 0 Å².